The van der Waals surface area contributed by atoms with Gasteiger partial charge in [-0.1, -0.05) is 334 Å². The Hall–Kier alpha value is -18.2. The van der Waals surface area contributed by atoms with Gasteiger partial charge in [0, 0.05) is 117 Å². The van der Waals surface area contributed by atoms with Crippen LogP contribution in [-0.2, 0) is 0 Å². The third-order valence-corrected chi connectivity index (χ3v) is 26.6. The maximum Gasteiger partial charge on any atom is 0.159 e. The lowest BCUT2D eigenvalue weighted by atomic mass is 9.98. The highest BCUT2D eigenvalue weighted by Gasteiger charge is 2.26. The highest BCUT2D eigenvalue weighted by Crippen LogP contribution is 2.49. The highest BCUT2D eigenvalue weighted by molar-refractivity contribution is 6.16. The van der Waals surface area contributed by atoms with Crippen molar-refractivity contribution >= 4 is 182 Å². The van der Waals surface area contributed by atoms with Crippen molar-refractivity contribution < 1.29 is 13.3 Å². The molecule has 136 heavy (non-hydrogen) atoms. The lowest BCUT2D eigenvalue weighted by molar-refractivity contribution is 0.668. The lowest BCUT2D eigenvalue weighted by Crippen LogP contribution is -2.10. The minimum atomic E-state index is 0.869. The number of aromatic nitrogens is 2. The van der Waals surface area contributed by atoms with Gasteiger partial charge in [0.25, 0.3) is 0 Å². The molecule has 0 unspecified atom stereocenters. The molecule has 8 nitrogen and oxygen atoms in total. The molecule has 0 bridgehead atoms. The average molecular weight is 1740 g/mol. The monoisotopic (exact) mass is 1740 g/mol. The van der Waals surface area contributed by atoms with Crippen LogP contribution in [-0.4, -0.2) is 9.13 Å². The molecule has 0 N–H and O–H groups in total. The van der Waals surface area contributed by atoms with Crippen molar-refractivity contribution in [3.63, 3.8) is 0 Å². The van der Waals surface area contributed by atoms with Crippen LogP contribution < -0.4 is 14.7 Å². The fourth-order valence-corrected chi connectivity index (χ4v) is 20.2. The zero-order valence-electron chi connectivity index (χ0n) is 74.0. The fraction of sp³-hybridized carbons (Fsp3) is 0. The number of rotatable bonds is 15. The summed E-state index contributed by atoms with van der Waals surface area (Å²) >= 11 is 0. The minimum absolute atomic E-state index is 0.869. The Morgan fingerprint density at radius 3 is 0.956 bits per heavy atom. The molecule has 0 fully saturated rings. The Kier molecular flexibility index (Phi) is 20.1. The fourth-order valence-electron chi connectivity index (χ4n) is 20.2. The van der Waals surface area contributed by atoms with E-state index in [-0.39, 0.29) is 0 Å². The normalized spacial score (nSPS) is 11.5. The summed E-state index contributed by atoms with van der Waals surface area (Å²) in [5, 5.41) is 16.6. The van der Waals surface area contributed by atoms with Crippen LogP contribution in [0.25, 0.3) is 187 Å². The van der Waals surface area contributed by atoms with Crippen molar-refractivity contribution in [1.82, 2.24) is 9.13 Å². The van der Waals surface area contributed by atoms with E-state index in [1.54, 1.807) is 0 Å². The SMILES string of the molecule is c1ccc(-c2ccc(N(c3ccc(-c4ccccc4)cc3)c3ccc4c(c3)oc3ccccc34)cc2)cc1.c1ccc(-n2c3ccccc3c3cc(N(c4ccc(-c5cccc6ccccc56)cc4)c4ccc5oc6ccccc6c5c4)ccc32)cc1.c1ccc(-n2c3ccccc3c3cc(N(c4ccc(-c5cccc6ccccc56)cc4)c4cccc5c4oc4ccccc45)ccc32)cc1. The number of anilines is 9. The van der Waals surface area contributed by atoms with E-state index in [0.717, 1.165) is 128 Å². The first kappa shape index (κ1) is 79.9. The van der Waals surface area contributed by atoms with Crippen LogP contribution in [0.2, 0.25) is 0 Å². The maximum absolute atomic E-state index is 6.62. The van der Waals surface area contributed by atoms with E-state index in [9.17, 15) is 0 Å². The van der Waals surface area contributed by atoms with Gasteiger partial charge in [-0.05, 0) is 242 Å². The summed E-state index contributed by atoms with van der Waals surface area (Å²) in [5.41, 5.74) is 31.6. The number of furan rings is 3. The van der Waals surface area contributed by atoms with Gasteiger partial charge in [-0.15, -0.1) is 0 Å². The Balaban J connectivity index is 0.000000110. The van der Waals surface area contributed by atoms with E-state index in [1.165, 1.54) is 110 Å². The van der Waals surface area contributed by atoms with E-state index in [0.29, 0.717) is 0 Å². The highest BCUT2D eigenvalue weighted by atomic mass is 16.3. The van der Waals surface area contributed by atoms with E-state index in [2.05, 4.69) is 491 Å². The Bertz CT molecular complexity index is 9050. The molecule has 0 saturated heterocycles. The number of para-hydroxylation sites is 8. The quantitative estimate of drug-likeness (QED) is 0.102. The van der Waals surface area contributed by atoms with E-state index >= 15 is 0 Å². The molecule has 0 aliphatic rings. The average Bonchev–Trinajstić information content (AvgIpc) is 1.58. The molecule has 640 valence electrons. The minimum Gasteiger partial charge on any atom is -0.456 e. The van der Waals surface area contributed by atoms with Gasteiger partial charge < -0.3 is 37.1 Å². The van der Waals surface area contributed by atoms with Crippen LogP contribution in [0.5, 0.6) is 0 Å². The zero-order valence-corrected chi connectivity index (χ0v) is 74.0. The van der Waals surface area contributed by atoms with E-state index in [4.69, 9.17) is 13.3 Å². The summed E-state index contributed by atoms with van der Waals surface area (Å²) < 4.78 is 23.8. The van der Waals surface area contributed by atoms with Crippen LogP contribution in [0, 0.1) is 0 Å². The predicted octanol–water partition coefficient (Wildman–Crippen LogP) is 36.3. The number of benzene rings is 22. The molecular weight excluding hydrogens is 1660 g/mol. The van der Waals surface area contributed by atoms with E-state index in [1.807, 2.05) is 48.5 Å². The van der Waals surface area contributed by atoms with Gasteiger partial charge in [0.1, 0.15) is 27.9 Å². The van der Waals surface area contributed by atoms with Gasteiger partial charge in [-0.25, -0.2) is 0 Å². The molecule has 0 aliphatic heterocycles. The summed E-state index contributed by atoms with van der Waals surface area (Å²) in [6.45, 7) is 0. The Morgan fingerprint density at radius 2 is 0.456 bits per heavy atom. The zero-order chi connectivity index (χ0) is 89.9. The van der Waals surface area contributed by atoms with Gasteiger partial charge in [-0.3, -0.25) is 0 Å². The topological polar surface area (TPSA) is 59.0 Å². The second-order valence-corrected chi connectivity index (χ2v) is 34.6. The predicted molar refractivity (Wildman–Crippen MR) is 571 cm³/mol. The molecule has 0 aliphatic carbocycles. The first-order valence-electron chi connectivity index (χ1n) is 46.2. The van der Waals surface area contributed by atoms with Crippen LogP contribution in [0.4, 0.5) is 51.2 Å². The summed E-state index contributed by atoms with van der Waals surface area (Å²) in [4.78, 5) is 6.99. The largest absolute Gasteiger partial charge is 0.456 e. The van der Waals surface area contributed by atoms with Crippen LogP contribution >= 0.6 is 0 Å². The molecule has 0 spiro atoms. The molecule has 0 radical (unpaired) electrons. The molecule has 27 rings (SSSR count). The first-order chi connectivity index (χ1) is 67.4. The molecule has 0 saturated carbocycles. The molecule has 5 aromatic heterocycles. The molecular formula is C128H85N5O3. The summed E-state index contributed by atoms with van der Waals surface area (Å²) in [7, 11) is 0. The number of hydrogen-bond donors (Lipinski definition) is 0. The number of fused-ring (bicyclic) bond motifs is 17. The van der Waals surface area contributed by atoms with E-state index < -0.39 is 0 Å². The number of hydrogen-bond acceptors (Lipinski definition) is 6. The lowest BCUT2D eigenvalue weighted by Gasteiger charge is -2.26. The Morgan fingerprint density at radius 1 is 0.154 bits per heavy atom. The van der Waals surface area contributed by atoms with Crippen molar-refractivity contribution in [2.24, 2.45) is 0 Å². The van der Waals surface area contributed by atoms with Gasteiger partial charge in [-0.2, -0.15) is 0 Å². The summed E-state index contributed by atoms with van der Waals surface area (Å²) in [6.07, 6.45) is 0. The van der Waals surface area contributed by atoms with Crippen molar-refractivity contribution in [3.05, 3.63) is 516 Å². The van der Waals surface area contributed by atoms with Crippen molar-refractivity contribution in [1.29, 1.82) is 0 Å². The smallest absolute Gasteiger partial charge is 0.159 e. The molecule has 22 aromatic carbocycles. The Labute approximate surface area is 785 Å². The van der Waals surface area contributed by atoms with Crippen molar-refractivity contribution in [3.8, 4) is 55.9 Å². The summed E-state index contributed by atoms with van der Waals surface area (Å²) in [5.74, 6) is 0. The maximum atomic E-state index is 6.62. The molecule has 0 amide bonds. The van der Waals surface area contributed by atoms with Crippen LogP contribution in [0.1, 0.15) is 0 Å². The molecule has 0 atom stereocenters. The van der Waals surface area contributed by atoms with Gasteiger partial charge in [0.15, 0.2) is 5.58 Å². The van der Waals surface area contributed by atoms with Crippen LogP contribution in [0.15, 0.2) is 529 Å². The molecule has 8 heteroatoms. The summed E-state index contributed by atoms with van der Waals surface area (Å²) in [6, 6.07) is 183. The second kappa shape index (κ2) is 34.2. The van der Waals surface area contributed by atoms with Crippen LogP contribution in [0.3, 0.4) is 0 Å². The van der Waals surface area contributed by atoms with Gasteiger partial charge in [0.2, 0.25) is 0 Å². The molecule has 27 aromatic rings. The number of nitrogens with zero attached hydrogens (tertiary/aromatic N) is 5. The third-order valence-electron chi connectivity index (χ3n) is 26.6. The third kappa shape index (κ3) is 14.5. The van der Waals surface area contributed by atoms with Crippen molar-refractivity contribution in [2.75, 3.05) is 14.7 Å². The first-order valence-corrected chi connectivity index (χ1v) is 46.2. The van der Waals surface area contributed by atoms with Gasteiger partial charge >= 0.3 is 0 Å². The second-order valence-electron chi connectivity index (χ2n) is 34.6. The van der Waals surface area contributed by atoms with Crippen molar-refractivity contribution in [2.45, 2.75) is 0 Å². The van der Waals surface area contributed by atoms with Gasteiger partial charge in [0.05, 0.1) is 27.8 Å². The molecule has 5 heterocycles. The standard InChI is InChI=1S/2C46H30N2O.C36H25NO/c1-2-14-33(15-3-1)48-42-21-8-6-17-38(42)41-30-35(28-29-43(41)48)47(44-22-11-20-40-39-18-7-9-23-45(39)49-46(40)44)34-26-24-32(25-27-34)37-19-10-13-31-12-4-5-16-36(31)37;1-2-13-33(14-3-1)48-43-19-8-6-16-39(43)41-29-35(25-27-44(41)48)47(36-26-28-46-42(30-36)40-17-7-9-20-45(40)49-46)34-23-21-32(22-24-34)38-18-10-12-31-11-4-5-15-37(31)38;1-3-9-26(10-4-1)28-15-19-30(20-16-28)37(31-21-17-29(18-22-31)27-11-5-2-6-12-27)32-23-24-34-33-13-7-8-14-35(33)38-36(34)25-32/h2*1-30H;1-25H.